The third kappa shape index (κ3) is 3.10. The molecule has 8 nitrogen and oxygen atoms in total. The molecule has 0 bridgehead atoms. The molecular weight excluding hydrogens is 362 g/mol. The first-order valence-electron chi connectivity index (χ1n) is 8.48. The van der Waals surface area contributed by atoms with Gasteiger partial charge in [-0.25, -0.2) is 9.97 Å². The van der Waals surface area contributed by atoms with Gasteiger partial charge in [0.05, 0.1) is 16.6 Å². The van der Waals surface area contributed by atoms with Gasteiger partial charge in [0, 0.05) is 17.0 Å². The average Bonchev–Trinajstić information content (AvgIpc) is 3.14. The lowest BCUT2D eigenvalue weighted by atomic mass is 10.1. The summed E-state index contributed by atoms with van der Waals surface area (Å²) in [4.78, 5) is 25.6. The molecule has 0 saturated heterocycles. The Labute approximate surface area is 159 Å². The minimum Gasteiger partial charge on any atom is -0.366 e. The summed E-state index contributed by atoms with van der Waals surface area (Å²) in [7, 11) is 0. The molecule has 138 valence electrons. The van der Waals surface area contributed by atoms with E-state index >= 15 is 0 Å². The highest BCUT2D eigenvalue weighted by Gasteiger charge is 2.17. The van der Waals surface area contributed by atoms with E-state index in [4.69, 9.17) is 5.73 Å². The first-order valence-corrected chi connectivity index (χ1v) is 9.29. The van der Waals surface area contributed by atoms with E-state index in [0.29, 0.717) is 10.9 Å². The fourth-order valence-corrected chi connectivity index (χ4v) is 4.29. The Bertz CT molecular complexity index is 1210. The highest BCUT2D eigenvalue weighted by molar-refractivity contribution is 7.22. The van der Waals surface area contributed by atoms with Crippen LogP contribution in [0, 0.1) is 27.7 Å². The highest BCUT2D eigenvalue weighted by atomic mass is 32.1. The molecule has 0 aliphatic carbocycles. The molecule has 0 fully saturated rings. The molecule has 4 rings (SSSR count). The molecule has 3 heterocycles. The van der Waals surface area contributed by atoms with Crippen molar-refractivity contribution in [3.05, 3.63) is 40.2 Å². The van der Waals surface area contributed by atoms with Crippen LogP contribution < -0.4 is 11.1 Å². The van der Waals surface area contributed by atoms with Crippen molar-refractivity contribution in [2.75, 3.05) is 11.1 Å². The number of fused-ring (bicyclic) bond motifs is 2. The van der Waals surface area contributed by atoms with Crippen molar-refractivity contribution in [2.45, 2.75) is 34.1 Å². The van der Waals surface area contributed by atoms with E-state index in [1.165, 1.54) is 16.9 Å². The van der Waals surface area contributed by atoms with Gasteiger partial charge in [0.1, 0.15) is 0 Å². The molecule has 27 heavy (non-hydrogen) atoms. The summed E-state index contributed by atoms with van der Waals surface area (Å²) in [5.41, 5.74) is 11.2. The van der Waals surface area contributed by atoms with Crippen molar-refractivity contribution in [3.63, 3.8) is 0 Å². The van der Waals surface area contributed by atoms with Crippen LogP contribution in [0.15, 0.2) is 12.1 Å². The first kappa shape index (κ1) is 17.3. The van der Waals surface area contributed by atoms with E-state index < -0.39 is 0 Å². The number of thiazole rings is 1. The van der Waals surface area contributed by atoms with Crippen LogP contribution in [-0.2, 0) is 11.2 Å². The molecule has 0 spiro atoms. The second kappa shape index (κ2) is 6.27. The molecule has 0 atom stereocenters. The molecule has 0 radical (unpaired) electrons. The molecule has 1 amide bonds. The summed E-state index contributed by atoms with van der Waals surface area (Å²) < 4.78 is 2.63. The molecule has 0 unspecified atom stereocenters. The van der Waals surface area contributed by atoms with Gasteiger partial charge in [-0.3, -0.25) is 4.79 Å². The molecule has 0 saturated carbocycles. The summed E-state index contributed by atoms with van der Waals surface area (Å²) in [6.07, 6.45) is 0.175. The smallest absolute Gasteiger partial charge is 0.254 e. The van der Waals surface area contributed by atoms with Crippen LogP contribution in [0.1, 0.15) is 28.1 Å². The topological polar surface area (TPSA) is 111 Å². The van der Waals surface area contributed by atoms with Crippen molar-refractivity contribution in [2.24, 2.45) is 0 Å². The van der Waals surface area contributed by atoms with Crippen LogP contribution in [0.2, 0.25) is 0 Å². The first-order chi connectivity index (χ1) is 12.8. The lowest BCUT2D eigenvalue weighted by Gasteiger charge is -2.09. The third-order valence-corrected chi connectivity index (χ3v) is 5.40. The van der Waals surface area contributed by atoms with E-state index in [9.17, 15) is 4.79 Å². The van der Waals surface area contributed by atoms with Gasteiger partial charge in [-0.1, -0.05) is 17.4 Å². The Balaban J connectivity index is 1.61. The number of hydrogen-bond acceptors (Lipinski definition) is 7. The molecule has 0 aliphatic heterocycles. The van der Waals surface area contributed by atoms with Gasteiger partial charge >= 0.3 is 0 Å². The number of nitrogens with two attached hydrogens (primary N) is 1. The summed E-state index contributed by atoms with van der Waals surface area (Å²) in [5, 5.41) is 7.63. The Morgan fingerprint density at radius 2 is 1.96 bits per heavy atom. The maximum absolute atomic E-state index is 12.6. The molecule has 3 aromatic heterocycles. The van der Waals surface area contributed by atoms with Gasteiger partial charge in [0.25, 0.3) is 5.78 Å². The number of nitrogens with zero attached hydrogens (tertiary/aromatic N) is 5. The fraction of sp³-hybridized carbons (Fsp3) is 0.278. The van der Waals surface area contributed by atoms with Crippen LogP contribution in [0.4, 0.5) is 11.1 Å². The number of hydrogen-bond donors (Lipinski definition) is 2. The van der Waals surface area contributed by atoms with Gasteiger partial charge in [0.15, 0.2) is 5.13 Å². The molecule has 1 aromatic carbocycles. The average molecular weight is 381 g/mol. The third-order valence-electron chi connectivity index (χ3n) is 4.48. The highest BCUT2D eigenvalue weighted by Crippen LogP contribution is 2.29. The minimum atomic E-state index is -0.149. The van der Waals surface area contributed by atoms with Crippen LogP contribution in [-0.4, -0.2) is 30.5 Å². The summed E-state index contributed by atoms with van der Waals surface area (Å²) >= 11 is 1.48. The quantitative estimate of drug-likeness (QED) is 0.564. The number of carbonyl (C=O) groups excluding carboxylic acids is 1. The predicted octanol–water partition coefficient (Wildman–Crippen LogP) is 2.73. The monoisotopic (exact) mass is 381 g/mol. The predicted molar refractivity (Wildman–Crippen MR) is 106 cm³/mol. The zero-order valence-corrected chi connectivity index (χ0v) is 16.3. The SMILES string of the molecule is Cc1cc(C)c2nc(NC(=O)Cc3c(C)nc4nc(N)nn4c3C)sc2c1. The largest absolute Gasteiger partial charge is 0.366 e. The fourth-order valence-electron chi connectivity index (χ4n) is 3.23. The van der Waals surface area contributed by atoms with Crippen molar-refractivity contribution in [3.8, 4) is 0 Å². The van der Waals surface area contributed by atoms with E-state index in [1.54, 1.807) is 4.52 Å². The van der Waals surface area contributed by atoms with E-state index in [0.717, 1.165) is 32.7 Å². The minimum absolute atomic E-state index is 0.149. The summed E-state index contributed by atoms with van der Waals surface area (Å²) in [5.74, 6) is 0.444. The molecule has 9 heteroatoms. The van der Waals surface area contributed by atoms with Crippen LogP contribution >= 0.6 is 11.3 Å². The van der Waals surface area contributed by atoms with Crippen molar-refractivity contribution < 1.29 is 4.79 Å². The number of nitrogen functional groups attached to an aromatic ring is 1. The van der Waals surface area contributed by atoms with E-state index in [-0.39, 0.29) is 18.3 Å². The number of carbonyl (C=O) groups is 1. The van der Waals surface area contributed by atoms with E-state index in [1.807, 2.05) is 20.8 Å². The van der Waals surface area contributed by atoms with Crippen LogP contribution in [0.3, 0.4) is 0 Å². The van der Waals surface area contributed by atoms with Gasteiger partial charge in [-0.05, 0) is 44.9 Å². The molecule has 4 aromatic rings. The van der Waals surface area contributed by atoms with Gasteiger partial charge in [-0.2, -0.15) is 9.50 Å². The maximum Gasteiger partial charge on any atom is 0.254 e. The number of anilines is 2. The Hall–Kier alpha value is -3.07. The second-order valence-corrected chi connectivity index (χ2v) is 7.65. The maximum atomic E-state index is 12.6. The standard InChI is InChI=1S/C18H19N7OS/c1-8-5-9(2)15-13(6-8)27-18(22-15)21-14(26)7-12-10(3)20-17-23-16(19)24-25(17)11(12)4/h5-6H,7H2,1-4H3,(H2,19,24)(H,21,22,26). The Morgan fingerprint density at radius 1 is 1.19 bits per heavy atom. The van der Waals surface area contributed by atoms with Crippen molar-refractivity contribution in [1.29, 1.82) is 0 Å². The Kier molecular flexibility index (Phi) is 4.03. The summed E-state index contributed by atoms with van der Waals surface area (Å²) in [6.45, 7) is 7.81. The lowest BCUT2D eigenvalue weighted by molar-refractivity contribution is -0.115. The molecule has 0 aliphatic rings. The van der Waals surface area contributed by atoms with Crippen molar-refractivity contribution >= 4 is 44.3 Å². The number of aryl methyl sites for hydroxylation is 4. The summed E-state index contributed by atoms with van der Waals surface area (Å²) in [6, 6.07) is 4.17. The lowest BCUT2D eigenvalue weighted by Crippen LogP contribution is -2.17. The Morgan fingerprint density at radius 3 is 2.74 bits per heavy atom. The number of benzene rings is 1. The van der Waals surface area contributed by atoms with Crippen molar-refractivity contribution in [1.82, 2.24) is 24.6 Å². The number of nitrogens with one attached hydrogen (secondary N) is 1. The van der Waals surface area contributed by atoms with Crippen LogP contribution in [0.5, 0.6) is 0 Å². The number of amides is 1. The zero-order valence-electron chi connectivity index (χ0n) is 15.5. The van der Waals surface area contributed by atoms with Gasteiger partial charge in [0.2, 0.25) is 11.9 Å². The van der Waals surface area contributed by atoms with Gasteiger partial charge in [-0.15, -0.1) is 5.10 Å². The normalized spacial score (nSPS) is 11.4. The zero-order chi connectivity index (χ0) is 19.3. The molecule has 3 N–H and O–H groups in total. The van der Waals surface area contributed by atoms with Crippen LogP contribution in [0.25, 0.3) is 16.0 Å². The molecular formula is C18H19N7OS. The number of aromatic nitrogens is 5. The second-order valence-electron chi connectivity index (χ2n) is 6.62. The van der Waals surface area contributed by atoms with Gasteiger partial charge < -0.3 is 11.1 Å². The van der Waals surface area contributed by atoms with E-state index in [2.05, 4.69) is 44.4 Å². The number of rotatable bonds is 3.